The van der Waals surface area contributed by atoms with E-state index in [9.17, 15) is 0 Å². The van der Waals surface area contributed by atoms with Crippen molar-refractivity contribution >= 4 is 81.8 Å². The Balaban J connectivity index is 1.61. The molecule has 0 aliphatic carbocycles. The molecule has 0 atom stereocenters. The van der Waals surface area contributed by atoms with E-state index < -0.39 is 7.59 Å². The molecule has 0 bridgehead atoms. The van der Waals surface area contributed by atoms with Crippen LogP contribution in [0.1, 0.15) is 47.6 Å². The molecule has 3 aromatic rings. The van der Waals surface area contributed by atoms with Crippen molar-refractivity contribution in [2.24, 2.45) is 0 Å². The molecule has 0 saturated carbocycles. The number of methoxy groups -OCH3 is 1. The monoisotopic (exact) mass is 621 g/mol. The van der Waals surface area contributed by atoms with Gasteiger partial charge in [0.05, 0.1) is 0 Å². The van der Waals surface area contributed by atoms with Gasteiger partial charge in [-0.05, 0) is 36.0 Å². The summed E-state index contributed by atoms with van der Waals surface area (Å²) in [7, 11) is 1.63. The van der Waals surface area contributed by atoms with Crippen molar-refractivity contribution in [3.05, 3.63) is 76.9 Å². The van der Waals surface area contributed by atoms with Gasteiger partial charge in [0.25, 0.3) is 0 Å². The molecule has 0 saturated heterocycles. The number of hydrogen-bond acceptors (Lipinski definition) is 5. The highest BCUT2D eigenvalue weighted by atomic mass is 35.6. The predicted octanol–water partition coefficient (Wildman–Crippen LogP) is 8.70. The van der Waals surface area contributed by atoms with Crippen molar-refractivity contribution in [2.45, 2.75) is 33.3 Å². The van der Waals surface area contributed by atoms with E-state index in [1.54, 1.807) is 7.11 Å². The van der Waals surface area contributed by atoms with Gasteiger partial charge in [-0.25, -0.2) is 15.0 Å². The Morgan fingerprint density at radius 2 is 1.24 bits per heavy atom. The summed E-state index contributed by atoms with van der Waals surface area (Å²) in [4.78, 5) is 12.5. The first-order valence-corrected chi connectivity index (χ1v) is 13.7. The quantitative estimate of drug-likeness (QED) is 0.0925. The minimum Gasteiger partial charge on any atom is -0.359 e. The number of ether oxygens (including phenoxy) is 2. The second-order valence-corrected chi connectivity index (χ2v) is 12.7. The van der Waals surface area contributed by atoms with Crippen molar-refractivity contribution in [3.8, 4) is 11.4 Å². The molecule has 0 radical (unpaired) electrons. The Bertz CT molecular complexity index is 1130. The molecule has 1 heterocycles. The summed E-state index contributed by atoms with van der Waals surface area (Å²) in [5, 5.41) is 0. The number of benzene rings is 2. The summed E-state index contributed by atoms with van der Waals surface area (Å²) in [6.45, 7) is 1.09. The molecule has 0 N–H and O–H groups in total. The third-order valence-corrected chi connectivity index (χ3v) is 6.23. The minimum absolute atomic E-state index is 0.132. The van der Waals surface area contributed by atoms with Gasteiger partial charge in [0, 0.05) is 19.3 Å². The maximum atomic E-state index is 5.96. The van der Waals surface area contributed by atoms with Gasteiger partial charge in [-0.2, -0.15) is 0 Å². The summed E-state index contributed by atoms with van der Waals surface area (Å²) in [6, 6.07) is 16.1. The Kier molecular flexibility index (Phi) is 11.7. The van der Waals surface area contributed by atoms with E-state index in [1.165, 1.54) is 5.56 Å². The maximum Gasteiger partial charge on any atom is 0.250 e. The summed E-state index contributed by atoms with van der Waals surface area (Å²) >= 11 is 35.8. The van der Waals surface area contributed by atoms with Crippen molar-refractivity contribution in [1.82, 2.24) is 15.0 Å². The molecule has 0 aliphatic rings. The lowest BCUT2D eigenvalue weighted by Crippen LogP contribution is -2.16. The molecular weight excluding hydrogens is 599 g/mol. The zero-order valence-corrected chi connectivity index (χ0v) is 24.5. The highest BCUT2D eigenvalue weighted by Crippen LogP contribution is 2.40. The van der Waals surface area contributed by atoms with Crippen LogP contribution in [0.25, 0.3) is 23.5 Å². The number of rotatable bonds is 11. The molecule has 1 aromatic heterocycles. The van der Waals surface area contributed by atoms with Crippen molar-refractivity contribution in [3.63, 3.8) is 0 Å². The predicted molar refractivity (Wildman–Crippen MR) is 154 cm³/mol. The fourth-order valence-corrected chi connectivity index (χ4v) is 3.85. The van der Waals surface area contributed by atoms with Gasteiger partial charge in [-0.15, -0.1) is 0 Å². The van der Waals surface area contributed by atoms with E-state index >= 15 is 0 Å². The maximum absolute atomic E-state index is 5.96. The fourth-order valence-electron chi connectivity index (χ4n) is 3.34. The molecule has 5 nitrogen and oxygen atoms in total. The molecule has 0 spiro atoms. The van der Waals surface area contributed by atoms with Gasteiger partial charge in [0.15, 0.2) is 17.5 Å². The average molecular weight is 624 g/mol. The number of alkyl halides is 6. The standard InChI is InChI=1S/C26H25Cl6N3O2/c1-36-17-37-16-4-2-3-5-18-6-8-19(9-7-18)10-11-20-12-14-21(15-13-20)22-33-23(25(27,28)29)35-24(34-22)26(30,31)32/h6-15H,2-5,16-17H2,1H3. The van der Waals surface area contributed by atoms with E-state index in [0.717, 1.165) is 43.4 Å². The Morgan fingerprint density at radius 3 is 1.76 bits per heavy atom. The van der Waals surface area contributed by atoms with Crippen LogP contribution in [-0.2, 0) is 23.5 Å². The van der Waals surface area contributed by atoms with E-state index in [2.05, 4.69) is 45.3 Å². The SMILES string of the molecule is COCOCCCCCc1ccc(C=Cc2ccc(-c3nc(C(Cl)(Cl)Cl)nc(C(Cl)(Cl)Cl)n3)cc2)cc1. The van der Waals surface area contributed by atoms with Crippen LogP contribution in [0, 0.1) is 0 Å². The van der Waals surface area contributed by atoms with E-state index in [-0.39, 0.29) is 17.5 Å². The zero-order valence-electron chi connectivity index (χ0n) is 19.9. The first-order chi connectivity index (χ1) is 17.6. The third kappa shape index (κ3) is 10.2. The van der Waals surface area contributed by atoms with Crippen LogP contribution in [0.15, 0.2) is 48.5 Å². The normalized spacial score (nSPS) is 12.4. The highest BCUT2D eigenvalue weighted by Gasteiger charge is 2.34. The van der Waals surface area contributed by atoms with Gasteiger partial charge in [0.2, 0.25) is 7.59 Å². The summed E-state index contributed by atoms with van der Waals surface area (Å²) in [6.07, 6.45) is 8.42. The van der Waals surface area contributed by atoms with E-state index in [4.69, 9.17) is 79.1 Å². The van der Waals surface area contributed by atoms with Gasteiger partial charge in [-0.1, -0.05) is 137 Å². The molecule has 0 aliphatic heterocycles. The van der Waals surface area contributed by atoms with Crippen LogP contribution in [0.2, 0.25) is 0 Å². The van der Waals surface area contributed by atoms with Crippen molar-refractivity contribution in [2.75, 3.05) is 20.5 Å². The molecule has 0 unspecified atom stereocenters. The number of aromatic nitrogens is 3. The van der Waals surface area contributed by atoms with Crippen LogP contribution in [-0.4, -0.2) is 35.5 Å². The number of nitrogens with zero attached hydrogens (tertiary/aromatic N) is 3. The number of hydrogen-bond donors (Lipinski definition) is 0. The molecule has 3 rings (SSSR count). The average Bonchev–Trinajstić information content (AvgIpc) is 2.86. The van der Waals surface area contributed by atoms with E-state index in [0.29, 0.717) is 12.4 Å². The second-order valence-electron chi connectivity index (χ2n) is 8.12. The summed E-state index contributed by atoms with van der Waals surface area (Å²) in [5.74, 6) is -0.0362. The Hall–Kier alpha value is -1.15. The van der Waals surface area contributed by atoms with Crippen molar-refractivity contribution < 1.29 is 9.47 Å². The van der Waals surface area contributed by atoms with Gasteiger partial charge < -0.3 is 9.47 Å². The van der Waals surface area contributed by atoms with Crippen molar-refractivity contribution in [1.29, 1.82) is 0 Å². The zero-order chi connectivity index (χ0) is 26.9. The lowest BCUT2D eigenvalue weighted by Gasteiger charge is -2.15. The Labute approximate surface area is 247 Å². The lowest BCUT2D eigenvalue weighted by molar-refractivity contribution is -0.0315. The fraction of sp³-hybridized carbons (Fsp3) is 0.346. The largest absolute Gasteiger partial charge is 0.359 e. The van der Waals surface area contributed by atoms with E-state index in [1.807, 2.05) is 30.3 Å². The molecule has 0 amide bonds. The topological polar surface area (TPSA) is 57.1 Å². The highest BCUT2D eigenvalue weighted by molar-refractivity contribution is 6.67. The first kappa shape index (κ1) is 30.4. The molecule has 37 heavy (non-hydrogen) atoms. The first-order valence-electron chi connectivity index (χ1n) is 11.4. The van der Waals surface area contributed by atoms with Crippen LogP contribution < -0.4 is 0 Å². The van der Waals surface area contributed by atoms with Gasteiger partial charge in [-0.3, -0.25) is 0 Å². The molecule has 11 heteroatoms. The second kappa shape index (κ2) is 14.3. The minimum atomic E-state index is -1.90. The summed E-state index contributed by atoms with van der Waals surface area (Å²) in [5.41, 5.74) is 4.07. The molecular formula is C26H25Cl6N3O2. The Morgan fingerprint density at radius 1 is 0.703 bits per heavy atom. The molecule has 2 aromatic carbocycles. The molecule has 0 fully saturated rings. The van der Waals surface area contributed by atoms with Gasteiger partial charge in [0.1, 0.15) is 6.79 Å². The van der Waals surface area contributed by atoms with Crippen LogP contribution in [0.5, 0.6) is 0 Å². The smallest absolute Gasteiger partial charge is 0.250 e. The number of aryl methyl sites for hydroxylation is 1. The lowest BCUT2D eigenvalue weighted by atomic mass is 10.0. The summed E-state index contributed by atoms with van der Waals surface area (Å²) < 4.78 is 6.37. The third-order valence-electron chi connectivity index (χ3n) is 5.21. The van der Waals surface area contributed by atoms with Crippen LogP contribution in [0.3, 0.4) is 0 Å². The number of halogens is 6. The number of unbranched alkanes of at least 4 members (excludes halogenated alkanes) is 2. The van der Waals surface area contributed by atoms with Gasteiger partial charge >= 0.3 is 0 Å². The van der Waals surface area contributed by atoms with Crippen LogP contribution in [0.4, 0.5) is 0 Å². The molecule has 198 valence electrons. The van der Waals surface area contributed by atoms with Crippen LogP contribution >= 0.6 is 69.6 Å².